The molecule has 0 amide bonds. The summed E-state index contributed by atoms with van der Waals surface area (Å²) in [7, 11) is 0. The van der Waals surface area contributed by atoms with E-state index in [2.05, 4.69) is 0 Å². The Morgan fingerprint density at radius 2 is 2.19 bits per heavy atom. The molecule has 2 atom stereocenters. The molecular formula is C12H14F2O2. The number of benzene rings is 1. The molecule has 4 heteroatoms. The zero-order valence-electron chi connectivity index (χ0n) is 9.04. The van der Waals surface area contributed by atoms with Crippen LogP contribution in [0.3, 0.4) is 0 Å². The number of ether oxygens (including phenoxy) is 1. The summed E-state index contributed by atoms with van der Waals surface area (Å²) in [5.74, 6) is -1.11. The highest BCUT2D eigenvalue weighted by Crippen LogP contribution is 2.36. The second kappa shape index (κ2) is 4.11. The van der Waals surface area contributed by atoms with Gasteiger partial charge in [0.05, 0.1) is 18.3 Å². The molecule has 1 aromatic rings. The minimum Gasteiger partial charge on any atom is -0.385 e. The van der Waals surface area contributed by atoms with E-state index in [0.29, 0.717) is 6.61 Å². The van der Waals surface area contributed by atoms with Gasteiger partial charge in [-0.15, -0.1) is 0 Å². The van der Waals surface area contributed by atoms with Gasteiger partial charge in [-0.25, -0.2) is 8.78 Å². The number of aliphatic hydroxyl groups is 1. The summed E-state index contributed by atoms with van der Waals surface area (Å²) in [4.78, 5) is 0. The standard InChI is InChI=1S/C12H14F2O2/c1-8-7-12(15,4-5-16-8)10-6-9(13)2-3-11(10)14/h2-3,6,8,15H,4-5,7H2,1H3. The summed E-state index contributed by atoms with van der Waals surface area (Å²) in [6.45, 7) is 2.16. The van der Waals surface area contributed by atoms with Crippen molar-refractivity contribution < 1.29 is 18.6 Å². The smallest absolute Gasteiger partial charge is 0.129 e. The van der Waals surface area contributed by atoms with Gasteiger partial charge in [0.2, 0.25) is 0 Å². The predicted molar refractivity (Wildman–Crippen MR) is 54.9 cm³/mol. The highest BCUT2D eigenvalue weighted by atomic mass is 19.1. The van der Waals surface area contributed by atoms with Crippen molar-refractivity contribution in [1.29, 1.82) is 0 Å². The molecule has 2 nitrogen and oxygen atoms in total. The van der Waals surface area contributed by atoms with Crippen molar-refractivity contribution in [3.05, 3.63) is 35.4 Å². The molecule has 0 bridgehead atoms. The van der Waals surface area contributed by atoms with E-state index in [4.69, 9.17) is 4.74 Å². The van der Waals surface area contributed by atoms with E-state index < -0.39 is 17.2 Å². The maximum absolute atomic E-state index is 13.6. The Bertz CT molecular complexity index is 395. The van der Waals surface area contributed by atoms with Crippen LogP contribution in [0.4, 0.5) is 8.78 Å². The number of hydrogen-bond donors (Lipinski definition) is 1. The first-order valence-corrected chi connectivity index (χ1v) is 5.31. The first-order valence-electron chi connectivity index (χ1n) is 5.31. The molecule has 2 rings (SSSR count). The maximum atomic E-state index is 13.6. The van der Waals surface area contributed by atoms with Crippen LogP contribution in [-0.2, 0) is 10.3 Å². The van der Waals surface area contributed by atoms with Gasteiger partial charge in [0, 0.05) is 18.4 Å². The second-order valence-electron chi connectivity index (χ2n) is 4.29. The topological polar surface area (TPSA) is 29.5 Å². The third-order valence-corrected chi connectivity index (χ3v) is 2.97. The Balaban J connectivity index is 2.37. The van der Waals surface area contributed by atoms with Crippen molar-refractivity contribution in [2.75, 3.05) is 6.61 Å². The molecule has 1 heterocycles. The van der Waals surface area contributed by atoms with Gasteiger partial charge in [-0.3, -0.25) is 0 Å². The molecule has 1 N–H and O–H groups in total. The lowest BCUT2D eigenvalue weighted by molar-refractivity contribution is -0.103. The minimum atomic E-state index is -1.32. The van der Waals surface area contributed by atoms with E-state index in [1.165, 1.54) is 0 Å². The van der Waals surface area contributed by atoms with E-state index >= 15 is 0 Å². The van der Waals surface area contributed by atoms with Gasteiger partial charge in [0.1, 0.15) is 11.6 Å². The van der Waals surface area contributed by atoms with Crippen molar-refractivity contribution in [3.8, 4) is 0 Å². The van der Waals surface area contributed by atoms with Crippen LogP contribution in [0.15, 0.2) is 18.2 Å². The quantitative estimate of drug-likeness (QED) is 0.799. The molecule has 0 radical (unpaired) electrons. The average molecular weight is 228 g/mol. The first-order chi connectivity index (χ1) is 7.51. The summed E-state index contributed by atoms with van der Waals surface area (Å²) in [6.07, 6.45) is 0.423. The molecule has 1 aromatic carbocycles. The summed E-state index contributed by atoms with van der Waals surface area (Å²) in [6, 6.07) is 3.15. The van der Waals surface area contributed by atoms with E-state index in [1.807, 2.05) is 0 Å². The Morgan fingerprint density at radius 1 is 1.44 bits per heavy atom. The average Bonchev–Trinajstić information content (AvgIpc) is 2.21. The number of halogens is 2. The zero-order valence-corrected chi connectivity index (χ0v) is 9.04. The van der Waals surface area contributed by atoms with Crippen molar-refractivity contribution in [2.45, 2.75) is 31.5 Å². The highest BCUT2D eigenvalue weighted by molar-refractivity contribution is 5.26. The molecular weight excluding hydrogens is 214 g/mol. The largest absolute Gasteiger partial charge is 0.385 e. The van der Waals surface area contributed by atoms with Crippen molar-refractivity contribution in [3.63, 3.8) is 0 Å². The fourth-order valence-corrected chi connectivity index (χ4v) is 2.16. The van der Waals surface area contributed by atoms with E-state index in [1.54, 1.807) is 6.92 Å². The van der Waals surface area contributed by atoms with Crippen molar-refractivity contribution in [2.24, 2.45) is 0 Å². The van der Waals surface area contributed by atoms with Gasteiger partial charge in [0.25, 0.3) is 0 Å². The molecule has 1 aliphatic rings. The molecule has 1 saturated heterocycles. The maximum Gasteiger partial charge on any atom is 0.129 e. The predicted octanol–water partition coefficient (Wildman–Crippen LogP) is 2.35. The normalized spacial score (nSPS) is 30.4. The molecule has 0 spiro atoms. The Labute approximate surface area is 92.9 Å². The van der Waals surface area contributed by atoms with Crippen LogP contribution >= 0.6 is 0 Å². The lowest BCUT2D eigenvalue weighted by Crippen LogP contribution is -2.38. The fourth-order valence-electron chi connectivity index (χ4n) is 2.16. The van der Waals surface area contributed by atoms with Crippen LogP contribution < -0.4 is 0 Å². The molecule has 1 aliphatic heterocycles. The molecule has 0 aromatic heterocycles. The van der Waals surface area contributed by atoms with Crippen LogP contribution in [0.5, 0.6) is 0 Å². The van der Waals surface area contributed by atoms with Gasteiger partial charge in [-0.05, 0) is 25.1 Å². The molecule has 1 fully saturated rings. The van der Waals surface area contributed by atoms with Gasteiger partial charge >= 0.3 is 0 Å². The summed E-state index contributed by atoms with van der Waals surface area (Å²) >= 11 is 0. The number of rotatable bonds is 1. The zero-order chi connectivity index (χ0) is 11.8. The Kier molecular flexibility index (Phi) is 2.95. The van der Waals surface area contributed by atoms with Crippen LogP contribution in [0.1, 0.15) is 25.3 Å². The summed E-state index contributed by atoms with van der Waals surface area (Å²) in [5, 5.41) is 10.3. The molecule has 16 heavy (non-hydrogen) atoms. The first kappa shape index (κ1) is 11.5. The second-order valence-corrected chi connectivity index (χ2v) is 4.29. The SMILES string of the molecule is CC1CC(O)(c2cc(F)ccc2F)CCO1. The molecule has 2 unspecified atom stereocenters. The Morgan fingerprint density at radius 3 is 2.88 bits per heavy atom. The minimum absolute atomic E-state index is 0.0302. The van der Waals surface area contributed by atoms with Gasteiger partial charge < -0.3 is 9.84 Å². The summed E-state index contributed by atoms with van der Waals surface area (Å²) < 4.78 is 31.9. The van der Waals surface area contributed by atoms with Crippen molar-refractivity contribution in [1.82, 2.24) is 0 Å². The van der Waals surface area contributed by atoms with Crippen LogP contribution in [0, 0.1) is 11.6 Å². The third-order valence-electron chi connectivity index (χ3n) is 2.97. The van der Waals surface area contributed by atoms with E-state index in [0.717, 1.165) is 18.2 Å². The molecule has 0 aliphatic carbocycles. The Hall–Kier alpha value is -1.00. The van der Waals surface area contributed by atoms with Gasteiger partial charge in [0.15, 0.2) is 0 Å². The number of hydrogen-bond acceptors (Lipinski definition) is 2. The van der Waals surface area contributed by atoms with Crippen LogP contribution in [0.2, 0.25) is 0 Å². The summed E-state index contributed by atoms with van der Waals surface area (Å²) in [5.41, 5.74) is -1.29. The lowest BCUT2D eigenvalue weighted by Gasteiger charge is -2.36. The lowest BCUT2D eigenvalue weighted by atomic mass is 9.84. The third kappa shape index (κ3) is 2.08. The fraction of sp³-hybridized carbons (Fsp3) is 0.500. The molecule has 0 saturated carbocycles. The van der Waals surface area contributed by atoms with Gasteiger partial charge in [-0.2, -0.15) is 0 Å². The van der Waals surface area contributed by atoms with Gasteiger partial charge in [-0.1, -0.05) is 0 Å². The van der Waals surface area contributed by atoms with E-state index in [9.17, 15) is 13.9 Å². The monoisotopic (exact) mass is 228 g/mol. The van der Waals surface area contributed by atoms with Crippen LogP contribution in [0.25, 0.3) is 0 Å². The van der Waals surface area contributed by atoms with E-state index in [-0.39, 0.29) is 24.5 Å². The van der Waals surface area contributed by atoms with Crippen molar-refractivity contribution >= 4 is 0 Å². The van der Waals surface area contributed by atoms with Crippen LogP contribution in [-0.4, -0.2) is 17.8 Å². The molecule has 88 valence electrons. The highest BCUT2D eigenvalue weighted by Gasteiger charge is 2.37.